The van der Waals surface area contributed by atoms with Crippen LogP contribution in [0, 0.1) is 0 Å². The smallest absolute Gasteiger partial charge is 0.250 e. The van der Waals surface area contributed by atoms with Crippen LogP contribution < -0.4 is 11.1 Å². The zero-order valence-corrected chi connectivity index (χ0v) is 11.3. The van der Waals surface area contributed by atoms with Gasteiger partial charge >= 0.3 is 0 Å². The number of carbonyl (C=O) groups excluding carboxylic acids is 1. The fourth-order valence-corrected chi connectivity index (χ4v) is 1.91. The summed E-state index contributed by atoms with van der Waals surface area (Å²) in [4.78, 5) is 11.0. The molecular weight excluding hydrogens is 256 g/mol. The van der Waals surface area contributed by atoms with Gasteiger partial charge in [0.05, 0.1) is 16.6 Å². The number of hydrogen-bond acceptors (Lipinski definition) is 4. The summed E-state index contributed by atoms with van der Waals surface area (Å²) in [6.07, 6.45) is -0.375. The largest absolute Gasteiger partial charge is 0.377 e. The van der Waals surface area contributed by atoms with Crippen LogP contribution >= 0.6 is 11.6 Å². The second-order valence-electron chi connectivity index (χ2n) is 3.83. The van der Waals surface area contributed by atoms with Gasteiger partial charge in [-0.1, -0.05) is 11.6 Å². The van der Waals surface area contributed by atoms with Crippen molar-refractivity contribution >= 4 is 23.2 Å². The summed E-state index contributed by atoms with van der Waals surface area (Å²) in [5, 5.41) is 3.48. The molecule has 6 heteroatoms. The second kappa shape index (κ2) is 6.58. The van der Waals surface area contributed by atoms with E-state index in [9.17, 15) is 4.79 Å². The van der Waals surface area contributed by atoms with Gasteiger partial charge in [0.25, 0.3) is 0 Å². The van der Waals surface area contributed by atoms with Gasteiger partial charge in [0, 0.05) is 19.9 Å². The number of hydrogen-bond donors (Lipinski definition) is 2. The van der Waals surface area contributed by atoms with Crippen LogP contribution in [-0.2, 0) is 9.47 Å². The first-order valence-corrected chi connectivity index (χ1v) is 5.79. The summed E-state index contributed by atoms with van der Waals surface area (Å²) >= 11 is 5.95. The van der Waals surface area contributed by atoms with Crippen molar-refractivity contribution in [2.24, 2.45) is 5.73 Å². The van der Waals surface area contributed by atoms with Crippen LogP contribution in [0.25, 0.3) is 0 Å². The minimum absolute atomic E-state index is 0.0736. The highest BCUT2D eigenvalue weighted by atomic mass is 35.5. The molecule has 0 bridgehead atoms. The monoisotopic (exact) mass is 272 g/mol. The standard InChI is InChI=1S/C12H17ClN2O3/c1-7(12(17-2)18-3)15-8-4-5-9(11(14)16)10(13)6-8/h4-7,12,15H,1-3H3,(H2,14,16). The normalized spacial score (nSPS) is 12.5. The number of primary amides is 1. The molecule has 0 heterocycles. The predicted molar refractivity (Wildman–Crippen MR) is 70.9 cm³/mol. The van der Waals surface area contributed by atoms with Crippen LogP contribution in [0.4, 0.5) is 5.69 Å². The van der Waals surface area contributed by atoms with Crippen LogP contribution in [0.15, 0.2) is 18.2 Å². The number of anilines is 1. The van der Waals surface area contributed by atoms with Crippen molar-refractivity contribution in [1.29, 1.82) is 0 Å². The SMILES string of the molecule is COC(OC)C(C)Nc1ccc(C(N)=O)c(Cl)c1. The van der Waals surface area contributed by atoms with E-state index in [-0.39, 0.29) is 12.3 Å². The van der Waals surface area contributed by atoms with E-state index in [1.54, 1.807) is 32.4 Å². The van der Waals surface area contributed by atoms with E-state index in [4.69, 9.17) is 26.8 Å². The lowest BCUT2D eigenvalue weighted by molar-refractivity contribution is -0.109. The lowest BCUT2D eigenvalue weighted by Crippen LogP contribution is -2.33. The van der Waals surface area contributed by atoms with E-state index in [0.29, 0.717) is 10.6 Å². The molecule has 0 saturated heterocycles. The third-order valence-electron chi connectivity index (χ3n) is 2.50. The third-order valence-corrected chi connectivity index (χ3v) is 2.81. The number of nitrogens with two attached hydrogens (primary N) is 1. The van der Waals surface area contributed by atoms with E-state index in [2.05, 4.69) is 5.32 Å². The molecule has 100 valence electrons. The van der Waals surface area contributed by atoms with Gasteiger partial charge in [0.2, 0.25) is 5.91 Å². The number of amides is 1. The van der Waals surface area contributed by atoms with Gasteiger partial charge < -0.3 is 20.5 Å². The third kappa shape index (κ3) is 3.60. The highest BCUT2D eigenvalue weighted by Gasteiger charge is 2.16. The maximum absolute atomic E-state index is 11.0. The lowest BCUT2D eigenvalue weighted by atomic mass is 10.2. The maximum Gasteiger partial charge on any atom is 0.250 e. The minimum Gasteiger partial charge on any atom is -0.377 e. The Balaban J connectivity index is 2.80. The first kappa shape index (κ1) is 14.8. The van der Waals surface area contributed by atoms with Gasteiger partial charge in [-0.2, -0.15) is 0 Å². The van der Waals surface area contributed by atoms with Crippen LogP contribution in [0.2, 0.25) is 5.02 Å². The number of ether oxygens (including phenoxy) is 2. The van der Waals surface area contributed by atoms with Gasteiger partial charge in [-0.3, -0.25) is 4.79 Å². The molecule has 1 atom stereocenters. The van der Waals surface area contributed by atoms with Gasteiger partial charge in [0.15, 0.2) is 6.29 Å². The molecule has 1 aromatic rings. The number of halogens is 1. The van der Waals surface area contributed by atoms with E-state index in [1.165, 1.54) is 0 Å². The van der Waals surface area contributed by atoms with E-state index in [0.717, 1.165) is 5.69 Å². The summed E-state index contributed by atoms with van der Waals surface area (Å²) in [7, 11) is 3.13. The zero-order chi connectivity index (χ0) is 13.7. The van der Waals surface area contributed by atoms with Crippen molar-refractivity contribution in [1.82, 2.24) is 0 Å². The molecule has 0 aliphatic carbocycles. The van der Waals surface area contributed by atoms with Gasteiger partial charge in [-0.05, 0) is 25.1 Å². The first-order valence-electron chi connectivity index (χ1n) is 5.41. The van der Waals surface area contributed by atoms with Crippen molar-refractivity contribution in [2.45, 2.75) is 19.3 Å². The predicted octanol–water partition coefficient (Wildman–Crippen LogP) is 1.86. The zero-order valence-electron chi connectivity index (χ0n) is 10.6. The quantitative estimate of drug-likeness (QED) is 0.775. The molecule has 1 aromatic carbocycles. The van der Waals surface area contributed by atoms with Gasteiger partial charge in [-0.25, -0.2) is 0 Å². The molecule has 18 heavy (non-hydrogen) atoms. The van der Waals surface area contributed by atoms with Crippen molar-refractivity contribution in [3.63, 3.8) is 0 Å². The highest BCUT2D eigenvalue weighted by molar-refractivity contribution is 6.34. The summed E-state index contributed by atoms with van der Waals surface area (Å²) < 4.78 is 10.3. The molecule has 1 amide bonds. The molecule has 0 radical (unpaired) electrons. The van der Waals surface area contributed by atoms with E-state index >= 15 is 0 Å². The van der Waals surface area contributed by atoms with Crippen molar-refractivity contribution in [3.05, 3.63) is 28.8 Å². The molecule has 0 spiro atoms. The summed E-state index contributed by atoms with van der Waals surface area (Å²) in [5.41, 5.74) is 6.23. The number of methoxy groups -OCH3 is 2. The molecule has 0 fully saturated rings. The first-order chi connectivity index (χ1) is 8.49. The Labute approximate surface area is 111 Å². The molecule has 5 nitrogen and oxygen atoms in total. The Morgan fingerprint density at radius 2 is 2.00 bits per heavy atom. The summed E-state index contributed by atoms with van der Waals surface area (Å²) in [5.74, 6) is -0.550. The van der Waals surface area contributed by atoms with Crippen LogP contribution in [0.3, 0.4) is 0 Å². The van der Waals surface area contributed by atoms with Crippen LogP contribution in [0.1, 0.15) is 17.3 Å². The second-order valence-corrected chi connectivity index (χ2v) is 4.24. The van der Waals surface area contributed by atoms with Crippen LogP contribution in [-0.4, -0.2) is 32.5 Å². The molecular formula is C12H17ClN2O3. The average Bonchev–Trinajstić information content (AvgIpc) is 2.30. The van der Waals surface area contributed by atoms with E-state index in [1.807, 2.05) is 6.92 Å². The Morgan fingerprint density at radius 3 is 2.44 bits per heavy atom. The number of rotatable bonds is 6. The molecule has 0 aromatic heterocycles. The van der Waals surface area contributed by atoms with Crippen molar-refractivity contribution in [2.75, 3.05) is 19.5 Å². The molecule has 0 aliphatic heterocycles. The fourth-order valence-electron chi connectivity index (χ4n) is 1.64. The fraction of sp³-hybridized carbons (Fsp3) is 0.417. The molecule has 3 N–H and O–H groups in total. The maximum atomic E-state index is 11.0. The highest BCUT2D eigenvalue weighted by Crippen LogP contribution is 2.21. The molecule has 0 aliphatic rings. The Hall–Kier alpha value is -1.30. The Bertz CT molecular complexity index is 422. The number of carbonyl (C=O) groups is 1. The van der Waals surface area contributed by atoms with Crippen molar-refractivity contribution < 1.29 is 14.3 Å². The van der Waals surface area contributed by atoms with Gasteiger partial charge in [-0.15, -0.1) is 0 Å². The Morgan fingerprint density at radius 1 is 1.39 bits per heavy atom. The van der Waals surface area contributed by atoms with Crippen LogP contribution in [0.5, 0.6) is 0 Å². The lowest BCUT2D eigenvalue weighted by Gasteiger charge is -2.23. The Kier molecular flexibility index (Phi) is 5.40. The number of nitrogens with one attached hydrogen (secondary N) is 1. The van der Waals surface area contributed by atoms with E-state index < -0.39 is 5.91 Å². The summed E-state index contributed by atoms with van der Waals surface area (Å²) in [6.45, 7) is 1.91. The number of benzene rings is 1. The minimum atomic E-state index is -0.550. The molecule has 0 saturated carbocycles. The molecule has 1 rings (SSSR count). The summed E-state index contributed by atoms with van der Waals surface area (Å²) in [6, 6.07) is 4.87. The molecule has 1 unspecified atom stereocenters. The van der Waals surface area contributed by atoms with Gasteiger partial charge in [0.1, 0.15) is 0 Å². The topological polar surface area (TPSA) is 73.6 Å². The average molecular weight is 273 g/mol. The van der Waals surface area contributed by atoms with Crippen molar-refractivity contribution in [3.8, 4) is 0 Å².